The molecule has 0 fully saturated rings. The van der Waals surface area contributed by atoms with Crippen LogP contribution in [0.15, 0.2) is 16.6 Å². The summed E-state index contributed by atoms with van der Waals surface area (Å²) >= 11 is 3.06. The van der Waals surface area contributed by atoms with E-state index in [1.165, 1.54) is 13.1 Å². The fraction of sp³-hybridized carbons (Fsp3) is 0.400. The second-order valence-corrected chi connectivity index (χ2v) is 4.40. The highest BCUT2D eigenvalue weighted by molar-refractivity contribution is 9.10. The number of hydrogen-bond acceptors (Lipinski definition) is 5. The molecule has 0 heterocycles. The Kier molecular flexibility index (Phi) is 5.01. The summed E-state index contributed by atoms with van der Waals surface area (Å²) in [6.07, 6.45) is -3.66. The van der Waals surface area contributed by atoms with Crippen LogP contribution < -0.4 is 10.1 Å². The van der Waals surface area contributed by atoms with Crippen LogP contribution in [0.3, 0.4) is 0 Å². The van der Waals surface area contributed by atoms with Gasteiger partial charge in [0.15, 0.2) is 0 Å². The lowest BCUT2D eigenvalue weighted by molar-refractivity contribution is -0.386. The number of ether oxygens (including phenoxy) is 2. The van der Waals surface area contributed by atoms with Gasteiger partial charge in [0, 0.05) is 24.7 Å². The van der Waals surface area contributed by atoms with Crippen LogP contribution in [0.2, 0.25) is 0 Å². The van der Waals surface area contributed by atoms with E-state index in [2.05, 4.69) is 30.7 Å². The molecule has 6 nitrogen and oxygen atoms in total. The highest BCUT2D eigenvalue weighted by atomic mass is 79.9. The van der Waals surface area contributed by atoms with Gasteiger partial charge in [0.25, 0.3) is 0 Å². The number of hydrogen-bond donors (Lipinski definition) is 1. The molecule has 0 aliphatic carbocycles. The SMILES string of the molecule is CNc1cc(Br)cc(OC(F)(F)COC)c1[N+](=O)[O-]. The Labute approximate surface area is 116 Å². The van der Waals surface area contributed by atoms with E-state index in [0.29, 0.717) is 4.47 Å². The summed E-state index contributed by atoms with van der Waals surface area (Å²) in [5.74, 6) is -0.550. The van der Waals surface area contributed by atoms with Crippen molar-refractivity contribution in [2.24, 2.45) is 0 Å². The van der Waals surface area contributed by atoms with E-state index in [0.717, 1.165) is 13.2 Å². The number of nitro groups is 1. The molecule has 0 bridgehead atoms. The van der Waals surface area contributed by atoms with Gasteiger partial charge in [-0.05, 0) is 6.07 Å². The van der Waals surface area contributed by atoms with Gasteiger partial charge >= 0.3 is 11.8 Å². The number of nitro benzene ring substituents is 1. The molecule has 1 aromatic carbocycles. The predicted molar refractivity (Wildman–Crippen MR) is 67.8 cm³/mol. The summed E-state index contributed by atoms with van der Waals surface area (Å²) < 4.78 is 35.7. The second-order valence-electron chi connectivity index (χ2n) is 3.48. The molecule has 0 aliphatic rings. The van der Waals surface area contributed by atoms with Crippen molar-refractivity contribution < 1.29 is 23.2 Å². The lowest BCUT2D eigenvalue weighted by Gasteiger charge is -2.18. The molecule has 0 spiro atoms. The van der Waals surface area contributed by atoms with E-state index in [9.17, 15) is 18.9 Å². The Bertz CT molecular complexity index is 485. The minimum Gasteiger partial charge on any atom is -0.423 e. The average Bonchev–Trinajstić information content (AvgIpc) is 2.26. The van der Waals surface area contributed by atoms with E-state index >= 15 is 0 Å². The molecule has 0 aromatic heterocycles. The fourth-order valence-electron chi connectivity index (χ4n) is 1.39. The molecule has 106 valence electrons. The maximum Gasteiger partial charge on any atom is 0.422 e. The van der Waals surface area contributed by atoms with Crippen molar-refractivity contribution in [2.75, 3.05) is 26.1 Å². The van der Waals surface area contributed by atoms with Gasteiger partial charge in [-0.2, -0.15) is 8.78 Å². The Morgan fingerprint density at radius 2 is 2.16 bits per heavy atom. The van der Waals surface area contributed by atoms with Crippen LogP contribution in [-0.2, 0) is 4.74 Å². The van der Waals surface area contributed by atoms with Crippen molar-refractivity contribution in [3.8, 4) is 5.75 Å². The fourth-order valence-corrected chi connectivity index (χ4v) is 1.83. The van der Waals surface area contributed by atoms with Crippen molar-refractivity contribution in [2.45, 2.75) is 6.11 Å². The zero-order valence-electron chi connectivity index (χ0n) is 10.1. The molecule has 1 rings (SSSR count). The third-order valence-electron chi connectivity index (χ3n) is 2.06. The number of halogens is 3. The Balaban J connectivity index is 3.25. The summed E-state index contributed by atoms with van der Waals surface area (Å²) in [7, 11) is 2.51. The molecule has 0 aliphatic heterocycles. The number of benzene rings is 1. The van der Waals surface area contributed by atoms with Crippen molar-refractivity contribution in [1.82, 2.24) is 0 Å². The van der Waals surface area contributed by atoms with Gasteiger partial charge in [0.05, 0.1) is 4.92 Å². The van der Waals surface area contributed by atoms with Gasteiger partial charge in [-0.25, -0.2) is 0 Å². The number of nitrogens with zero attached hydrogens (tertiary/aromatic N) is 1. The Morgan fingerprint density at radius 3 is 2.63 bits per heavy atom. The summed E-state index contributed by atoms with van der Waals surface area (Å²) in [5.41, 5.74) is -0.510. The van der Waals surface area contributed by atoms with E-state index in [1.54, 1.807) is 0 Å². The largest absolute Gasteiger partial charge is 0.423 e. The number of alkyl halides is 2. The zero-order chi connectivity index (χ0) is 14.6. The van der Waals surface area contributed by atoms with Crippen LogP contribution in [0, 0.1) is 10.1 Å². The normalized spacial score (nSPS) is 11.2. The van der Waals surface area contributed by atoms with Crippen molar-refractivity contribution >= 4 is 27.3 Å². The molecule has 0 saturated carbocycles. The van der Waals surface area contributed by atoms with Gasteiger partial charge in [0.2, 0.25) is 5.75 Å². The zero-order valence-corrected chi connectivity index (χ0v) is 11.7. The topological polar surface area (TPSA) is 73.6 Å². The molecule has 0 atom stereocenters. The first-order valence-corrected chi connectivity index (χ1v) is 5.81. The average molecular weight is 341 g/mol. The van der Waals surface area contributed by atoms with Gasteiger partial charge in [-0.15, -0.1) is 0 Å². The Morgan fingerprint density at radius 1 is 1.53 bits per heavy atom. The van der Waals surface area contributed by atoms with Crippen molar-refractivity contribution in [3.05, 3.63) is 26.7 Å². The summed E-state index contributed by atoms with van der Waals surface area (Å²) in [6.45, 7) is -1.01. The standard InChI is InChI=1S/C10H11BrF2N2O4/c1-14-7-3-6(11)4-8(9(7)15(16)17)19-10(12,13)5-18-2/h3-4,14H,5H2,1-2H3. The van der Waals surface area contributed by atoms with Gasteiger partial charge < -0.3 is 14.8 Å². The monoisotopic (exact) mass is 340 g/mol. The summed E-state index contributed by atoms with van der Waals surface area (Å²) in [5, 5.41) is 13.5. The van der Waals surface area contributed by atoms with E-state index in [4.69, 9.17) is 0 Å². The van der Waals surface area contributed by atoms with Crippen molar-refractivity contribution in [1.29, 1.82) is 0 Å². The minimum absolute atomic E-state index is 0.0580. The number of nitrogens with one attached hydrogen (secondary N) is 1. The van der Waals surface area contributed by atoms with Gasteiger partial charge in [-0.1, -0.05) is 15.9 Å². The highest BCUT2D eigenvalue weighted by Crippen LogP contribution is 2.40. The maximum absolute atomic E-state index is 13.3. The van der Waals surface area contributed by atoms with Crippen LogP contribution in [0.4, 0.5) is 20.2 Å². The molecule has 0 unspecified atom stereocenters. The maximum atomic E-state index is 13.3. The first kappa shape index (κ1) is 15.6. The number of methoxy groups -OCH3 is 1. The number of rotatable bonds is 6. The molecule has 0 amide bonds. The number of anilines is 1. The third kappa shape index (κ3) is 4.00. The minimum atomic E-state index is -3.66. The first-order valence-electron chi connectivity index (χ1n) is 5.02. The molecule has 0 radical (unpaired) electrons. The van der Waals surface area contributed by atoms with E-state index < -0.39 is 29.1 Å². The van der Waals surface area contributed by atoms with Crippen molar-refractivity contribution in [3.63, 3.8) is 0 Å². The molecular weight excluding hydrogens is 330 g/mol. The molecule has 19 heavy (non-hydrogen) atoms. The van der Waals surface area contributed by atoms with E-state index in [-0.39, 0.29) is 5.69 Å². The highest BCUT2D eigenvalue weighted by Gasteiger charge is 2.35. The van der Waals surface area contributed by atoms with E-state index in [1.807, 2.05) is 0 Å². The Hall–Kier alpha value is -1.48. The second kappa shape index (κ2) is 6.11. The van der Waals surface area contributed by atoms with Crippen LogP contribution >= 0.6 is 15.9 Å². The molecule has 1 N–H and O–H groups in total. The lowest BCUT2D eigenvalue weighted by Crippen LogP contribution is -2.30. The van der Waals surface area contributed by atoms with Crippen LogP contribution in [-0.4, -0.2) is 31.8 Å². The third-order valence-corrected chi connectivity index (χ3v) is 2.52. The van der Waals surface area contributed by atoms with Gasteiger partial charge in [0.1, 0.15) is 12.3 Å². The van der Waals surface area contributed by atoms with Crippen LogP contribution in [0.5, 0.6) is 5.75 Å². The van der Waals surface area contributed by atoms with Gasteiger partial charge in [-0.3, -0.25) is 10.1 Å². The first-order chi connectivity index (χ1) is 8.80. The molecule has 0 saturated heterocycles. The quantitative estimate of drug-likeness (QED) is 0.636. The molecular formula is C10H11BrF2N2O4. The lowest BCUT2D eigenvalue weighted by atomic mass is 10.2. The predicted octanol–water partition coefficient (Wildman–Crippen LogP) is 3.02. The summed E-state index contributed by atoms with van der Waals surface area (Å²) in [4.78, 5) is 10.2. The summed E-state index contributed by atoms with van der Waals surface area (Å²) in [6, 6.07) is 2.49. The smallest absolute Gasteiger partial charge is 0.422 e. The molecule has 1 aromatic rings. The molecule has 9 heteroatoms. The van der Waals surface area contributed by atoms with Crippen LogP contribution in [0.25, 0.3) is 0 Å². The van der Waals surface area contributed by atoms with Crippen LogP contribution in [0.1, 0.15) is 0 Å².